The Balaban J connectivity index is 2.19. The summed E-state index contributed by atoms with van der Waals surface area (Å²) in [5.41, 5.74) is -0.192. The number of halogens is 1. The van der Waals surface area contributed by atoms with Gasteiger partial charge in [0.2, 0.25) is 0 Å². The highest BCUT2D eigenvalue weighted by Gasteiger charge is 2.23. The average Bonchev–Trinajstić information content (AvgIpc) is 2.89. The Hall–Kier alpha value is -1.63. The van der Waals surface area contributed by atoms with Crippen molar-refractivity contribution in [3.8, 4) is 11.8 Å². The molecule has 0 saturated heterocycles. The van der Waals surface area contributed by atoms with Crippen molar-refractivity contribution in [2.24, 2.45) is 0 Å². The molecule has 1 aliphatic carbocycles. The Kier molecular flexibility index (Phi) is 1.85. The fraction of sp³-hybridized carbons (Fsp3) is 0.333. The highest BCUT2D eigenvalue weighted by molar-refractivity contribution is 5.28. The Bertz CT molecular complexity index is 368. The molecule has 1 fully saturated rings. The van der Waals surface area contributed by atoms with Gasteiger partial charge in [-0.25, -0.2) is 9.37 Å². The van der Waals surface area contributed by atoms with Gasteiger partial charge in [-0.3, -0.25) is 0 Å². The average molecular weight is 178 g/mol. The van der Waals surface area contributed by atoms with Crippen molar-refractivity contribution in [1.82, 2.24) is 4.98 Å². The van der Waals surface area contributed by atoms with Crippen molar-refractivity contribution >= 4 is 0 Å². The van der Waals surface area contributed by atoms with Crippen LogP contribution in [-0.4, -0.2) is 11.1 Å². The maximum absolute atomic E-state index is 13.0. The molecule has 13 heavy (non-hydrogen) atoms. The fourth-order valence-electron chi connectivity index (χ4n) is 0.945. The molecule has 0 unspecified atom stereocenters. The molecule has 1 saturated carbocycles. The van der Waals surface area contributed by atoms with Gasteiger partial charge in [0.1, 0.15) is 11.8 Å². The van der Waals surface area contributed by atoms with Gasteiger partial charge in [0.05, 0.1) is 12.3 Å². The monoisotopic (exact) mass is 178 g/mol. The predicted molar refractivity (Wildman–Crippen MR) is 42.6 cm³/mol. The zero-order valence-electron chi connectivity index (χ0n) is 6.83. The minimum Gasteiger partial charge on any atom is -0.489 e. The van der Waals surface area contributed by atoms with E-state index in [0.29, 0.717) is 5.75 Å². The first kappa shape index (κ1) is 7.99. The molecule has 0 atom stereocenters. The van der Waals surface area contributed by atoms with Crippen LogP contribution in [0.4, 0.5) is 4.39 Å². The van der Waals surface area contributed by atoms with Crippen LogP contribution in [0.5, 0.6) is 5.75 Å². The van der Waals surface area contributed by atoms with E-state index in [9.17, 15) is 4.39 Å². The van der Waals surface area contributed by atoms with Crippen LogP contribution >= 0.6 is 0 Å². The molecule has 1 heterocycles. The minimum absolute atomic E-state index is 0.192. The summed E-state index contributed by atoms with van der Waals surface area (Å²) in [6, 6.07) is 2.85. The van der Waals surface area contributed by atoms with E-state index in [2.05, 4.69) is 4.98 Å². The number of aromatic nitrogens is 1. The van der Waals surface area contributed by atoms with Crippen LogP contribution in [0.25, 0.3) is 0 Å². The van der Waals surface area contributed by atoms with Crippen molar-refractivity contribution in [3.05, 3.63) is 23.8 Å². The summed E-state index contributed by atoms with van der Waals surface area (Å²) in [6.07, 6.45) is 3.62. The smallest absolute Gasteiger partial charge is 0.176 e. The van der Waals surface area contributed by atoms with Crippen LogP contribution in [0.15, 0.2) is 12.3 Å². The van der Waals surface area contributed by atoms with E-state index in [1.165, 1.54) is 12.3 Å². The van der Waals surface area contributed by atoms with E-state index in [1.54, 1.807) is 6.07 Å². The standard InChI is InChI=1S/C9H7FN2O/c10-8-3-7(13-6-1-2-6)5-12-9(8)4-11/h3,5-6H,1-2H2. The zero-order valence-corrected chi connectivity index (χ0v) is 6.83. The molecule has 1 aromatic rings. The topological polar surface area (TPSA) is 45.9 Å². The van der Waals surface area contributed by atoms with Gasteiger partial charge in [0.25, 0.3) is 0 Å². The Labute approximate surface area is 74.8 Å². The number of rotatable bonds is 2. The third kappa shape index (κ3) is 1.75. The first-order valence-electron chi connectivity index (χ1n) is 4.02. The first-order chi connectivity index (χ1) is 6.29. The minimum atomic E-state index is -0.624. The number of nitriles is 1. The fourth-order valence-corrected chi connectivity index (χ4v) is 0.945. The van der Waals surface area contributed by atoms with Gasteiger partial charge in [-0.15, -0.1) is 0 Å². The number of hydrogen-bond donors (Lipinski definition) is 0. The van der Waals surface area contributed by atoms with E-state index in [0.717, 1.165) is 12.8 Å². The molecular weight excluding hydrogens is 171 g/mol. The van der Waals surface area contributed by atoms with Gasteiger partial charge in [0, 0.05) is 6.07 Å². The second-order valence-corrected chi connectivity index (χ2v) is 2.93. The molecule has 0 N–H and O–H groups in total. The van der Waals surface area contributed by atoms with Crippen LogP contribution in [0.3, 0.4) is 0 Å². The Morgan fingerprint density at radius 3 is 2.92 bits per heavy atom. The maximum atomic E-state index is 13.0. The SMILES string of the molecule is N#Cc1ncc(OC2CC2)cc1F. The largest absolute Gasteiger partial charge is 0.489 e. The van der Waals surface area contributed by atoms with Crippen molar-refractivity contribution in [2.75, 3.05) is 0 Å². The predicted octanol–water partition coefficient (Wildman–Crippen LogP) is 1.63. The number of pyridine rings is 1. The molecule has 66 valence electrons. The number of ether oxygens (including phenoxy) is 1. The lowest BCUT2D eigenvalue weighted by atomic mass is 10.3. The molecule has 0 spiro atoms. The molecule has 1 aromatic heterocycles. The van der Waals surface area contributed by atoms with Crippen LogP contribution < -0.4 is 4.74 Å². The van der Waals surface area contributed by atoms with Crippen LogP contribution in [0.2, 0.25) is 0 Å². The summed E-state index contributed by atoms with van der Waals surface area (Å²) in [6.45, 7) is 0. The summed E-state index contributed by atoms with van der Waals surface area (Å²) < 4.78 is 18.2. The summed E-state index contributed by atoms with van der Waals surface area (Å²) in [5, 5.41) is 8.41. The van der Waals surface area contributed by atoms with E-state index in [-0.39, 0.29) is 11.8 Å². The second-order valence-electron chi connectivity index (χ2n) is 2.93. The molecule has 2 rings (SSSR count). The number of hydrogen-bond acceptors (Lipinski definition) is 3. The lowest BCUT2D eigenvalue weighted by Crippen LogP contribution is -1.98. The molecule has 0 radical (unpaired) electrons. The highest BCUT2D eigenvalue weighted by atomic mass is 19.1. The van der Waals surface area contributed by atoms with E-state index in [1.807, 2.05) is 0 Å². The van der Waals surface area contributed by atoms with E-state index in [4.69, 9.17) is 10.00 Å². The molecule has 1 aliphatic rings. The molecular formula is C9H7FN2O. The Morgan fingerprint density at radius 2 is 2.38 bits per heavy atom. The van der Waals surface area contributed by atoms with Crippen molar-refractivity contribution < 1.29 is 9.13 Å². The molecule has 0 amide bonds. The molecule has 0 aliphatic heterocycles. The number of nitrogens with zero attached hydrogens (tertiary/aromatic N) is 2. The lowest BCUT2D eigenvalue weighted by molar-refractivity contribution is 0.300. The normalized spacial score (nSPS) is 15.1. The van der Waals surface area contributed by atoms with Crippen LogP contribution in [0.1, 0.15) is 18.5 Å². The van der Waals surface area contributed by atoms with Gasteiger partial charge in [-0.05, 0) is 12.8 Å². The van der Waals surface area contributed by atoms with Crippen molar-refractivity contribution in [1.29, 1.82) is 5.26 Å². The van der Waals surface area contributed by atoms with Gasteiger partial charge < -0.3 is 4.74 Å². The summed E-state index contributed by atoms with van der Waals surface area (Å²) in [7, 11) is 0. The molecule has 0 aromatic carbocycles. The third-order valence-corrected chi connectivity index (χ3v) is 1.75. The van der Waals surface area contributed by atoms with Crippen molar-refractivity contribution in [2.45, 2.75) is 18.9 Å². The van der Waals surface area contributed by atoms with Gasteiger partial charge in [-0.1, -0.05) is 0 Å². The third-order valence-electron chi connectivity index (χ3n) is 1.75. The maximum Gasteiger partial charge on any atom is 0.176 e. The van der Waals surface area contributed by atoms with E-state index >= 15 is 0 Å². The summed E-state index contributed by atoms with van der Waals surface area (Å²) in [4.78, 5) is 3.62. The molecule has 4 heteroatoms. The van der Waals surface area contributed by atoms with E-state index < -0.39 is 5.82 Å². The quantitative estimate of drug-likeness (QED) is 0.691. The van der Waals surface area contributed by atoms with Gasteiger partial charge in [-0.2, -0.15) is 5.26 Å². The van der Waals surface area contributed by atoms with Gasteiger partial charge in [0.15, 0.2) is 11.5 Å². The summed E-state index contributed by atoms with van der Waals surface area (Å²) in [5.74, 6) is -0.223. The molecule has 3 nitrogen and oxygen atoms in total. The Morgan fingerprint density at radius 1 is 1.62 bits per heavy atom. The summed E-state index contributed by atoms with van der Waals surface area (Å²) >= 11 is 0. The van der Waals surface area contributed by atoms with Crippen LogP contribution in [0, 0.1) is 17.1 Å². The first-order valence-corrected chi connectivity index (χ1v) is 4.02. The lowest BCUT2D eigenvalue weighted by Gasteiger charge is -2.02. The van der Waals surface area contributed by atoms with Crippen molar-refractivity contribution in [3.63, 3.8) is 0 Å². The van der Waals surface area contributed by atoms with Crippen LogP contribution in [-0.2, 0) is 0 Å². The van der Waals surface area contributed by atoms with Gasteiger partial charge >= 0.3 is 0 Å². The zero-order chi connectivity index (χ0) is 9.26. The highest BCUT2D eigenvalue weighted by Crippen LogP contribution is 2.26. The molecule has 0 bridgehead atoms. The second kappa shape index (κ2) is 3.02.